The number of para-hydroxylation sites is 1. The van der Waals surface area contributed by atoms with Crippen molar-refractivity contribution < 1.29 is 14.6 Å². The molecule has 1 rings (SSSR count). The highest BCUT2D eigenvalue weighted by Gasteiger charge is 2.09. The van der Waals surface area contributed by atoms with Gasteiger partial charge in [-0.3, -0.25) is 0 Å². The lowest BCUT2D eigenvalue weighted by molar-refractivity contribution is 0.0692. The van der Waals surface area contributed by atoms with Crippen LogP contribution in [0.1, 0.15) is 17.3 Å². The van der Waals surface area contributed by atoms with Gasteiger partial charge in [0.2, 0.25) is 0 Å². The highest BCUT2D eigenvalue weighted by Crippen LogP contribution is 2.17. The van der Waals surface area contributed by atoms with E-state index in [1.165, 1.54) is 6.07 Å². The Morgan fingerprint density at radius 1 is 1.53 bits per heavy atom. The van der Waals surface area contributed by atoms with Crippen molar-refractivity contribution in [3.05, 3.63) is 29.8 Å². The maximum absolute atomic E-state index is 10.8. The van der Waals surface area contributed by atoms with Crippen LogP contribution in [0.2, 0.25) is 0 Å². The van der Waals surface area contributed by atoms with E-state index >= 15 is 0 Å². The SMILES string of the molecule is CC(N)COc1ccccc1C(=O)O.Cl. The number of carboxylic acid groups (broad SMARTS) is 1. The molecule has 1 unspecified atom stereocenters. The molecule has 0 fully saturated rings. The minimum absolute atomic E-state index is 0. The van der Waals surface area contributed by atoms with Crippen molar-refractivity contribution in [1.29, 1.82) is 0 Å². The average Bonchev–Trinajstić information content (AvgIpc) is 2.15. The van der Waals surface area contributed by atoms with Crippen molar-refractivity contribution in [1.82, 2.24) is 0 Å². The molecule has 0 aromatic heterocycles. The van der Waals surface area contributed by atoms with Gasteiger partial charge in [-0.25, -0.2) is 4.79 Å². The predicted molar refractivity (Wildman–Crippen MR) is 59.8 cm³/mol. The number of halogens is 1. The monoisotopic (exact) mass is 231 g/mol. The van der Waals surface area contributed by atoms with Gasteiger partial charge in [0.05, 0.1) is 0 Å². The Balaban J connectivity index is 0.00000196. The first kappa shape index (κ1) is 13.7. The molecule has 1 aromatic carbocycles. The molecule has 0 saturated carbocycles. The Hall–Kier alpha value is -1.26. The molecule has 0 bridgehead atoms. The van der Waals surface area contributed by atoms with E-state index in [1.807, 2.05) is 0 Å². The Morgan fingerprint density at radius 3 is 2.67 bits per heavy atom. The quantitative estimate of drug-likeness (QED) is 0.824. The van der Waals surface area contributed by atoms with Crippen molar-refractivity contribution in [3.8, 4) is 5.75 Å². The summed E-state index contributed by atoms with van der Waals surface area (Å²) in [6, 6.07) is 6.38. The van der Waals surface area contributed by atoms with Crippen LogP contribution in [-0.2, 0) is 0 Å². The second kappa shape index (κ2) is 6.27. The van der Waals surface area contributed by atoms with Gasteiger partial charge in [-0.1, -0.05) is 12.1 Å². The van der Waals surface area contributed by atoms with Gasteiger partial charge < -0.3 is 15.6 Å². The van der Waals surface area contributed by atoms with Crippen molar-refractivity contribution >= 4 is 18.4 Å². The zero-order valence-corrected chi connectivity index (χ0v) is 9.16. The van der Waals surface area contributed by atoms with Crippen LogP contribution in [0, 0.1) is 0 Å². The maximum atomic E-state index is 10.8. The van der Waals surface area contributed by atoms with E-state index in [0.717, 1.165) is 0 Å². The standard InChI is InChI=1S/C10H13NO3.ClH/c1-7(11)6-14-9-5-3-2-4-8(9)10(12)13;/h2-5,7H,6,11H2,1H3,(H,12,13);1H. The molecule has 1 aromatic rings. The normalized spacial score (nSPS) is 11.3. The summed E-state index contributed by atoms with van der Waals surface area (Å²) < 4.78 is 5.25. The summed E-state index contributed by atoms with van der Waals surface area (Å²) >= 11 is 0. The minimum atomic E-state index is -0.995. The lowest BCUT2D eigenvalue weighted by Gasteiger charge is -2.10. The summed E-state index contributed by atoms with van der Waals surface area (Å²) in [5, 5.41) is 8.82. The Morgan fingerprint density at radius 2 is 2.13 bits per heavy atom. The predicted octanol–water partition coefficient (Wildman–Crippen LogP) is 1.53. The largest absolute Gasteiger partial charge is 0.491 e. The van der Waals surface area contributed by atoms with Gasteiger partial charge in [-0.15, -0.1) is 12.4 Å². The average molecular weight is 232 g/mol. The van der Waals surface area contributed by atoms with E-state index in [9.17, 15) is 4.79 Å². The van der Waals surface area contributed by atoms with Gasteiger partial charge in [-0.2, -0.15) is 0 Å². The first-order chi connectivity index (χ1) is 6.61. The topological polar surface area (TPSA) is 72.5 Å². The third-order valence-electron chi connectivity index (χ3n) is 1.62. The molecule has 0 radical (unpaired) electrons. The Kier molecular flexibility index (Phi) is 5.74. The Labute approximate surface area is 94.5 Å². The molecule has 0 aliphatic rings. The molecule has 0 saturated heterocycles. The first-order valence-electron chi connectivity index (χ1n) is 4.32. The van der Waals surface area contributed by atoms with Gasteiger partial charge in [0, 0.05) is 6.04 Å². The number of hydrogen-bond acceptors (Lipinski definition) is 3. The van der Waals surface area contributed by atoms with Crippen LogP contribution in [0.5, 0.6) is 5.75 Å². The number of carbonyl (C=O) groups is 1. The molecule has 0 amide bonds. The van der Waals surface area contributed by atoms with E-state index in [0.29, 0.717) is 12.4 Å². The van der Waals surface area contributed by atoms with Crippen molar-refractivity contribution in [2.45, 2.75) is 13.0 Å². The van der Waals surface area contributed by atoms with Crippen LogP contribution < -0.4 is 10.5 Å². The fourth-order valence-corrected chi connectivity index (χ4v) is 0.990. The fourth-order valence-electron chi connectivity index (χ4n) is 0.990. The number of hydrogen-bond donors (Lipinski definition) is 2. The van der Waals surface area contributed by atoms with Crippen molar-refractivity contribution in [3.63, 3.8) is 0 Å². The summed E-state index contributed by atoms with van der Waals surface area (Å²) in [4.78, 5) is 10.8. The zero-order valence-electron chi connectivity index (χ0n) is 8.34. The molecule has 0 spiro atoms. The summed E-state index contributed by atoms with van der Waals surface area (Å²) in [6.07, 6.45) is 0. The minimum Gasteiger partial charge on any atom is -0.491 e. The second-order valence-electron chi connectivity index (χ2n) is 3.09. The third-order valence-corrected chi connectivity index (χ3v) is 1.62. The summed E-state index contributed by atoms with van der Waals surface area (Å²) in [7, 11) is 0. The van der Waals surface area contributed by atoms with Crippen LogP contribution >= 0.6 is 12.4 Å². The van der Waals surface area contributed by atoms with Gasteiger partial charge in [0.15, 0.2) is 0 Å². The molecule has 0 aliphatic carbocycles. The summed E-state index contributed by atoms with van der Waals surface area (Å²) in [5.74, 6) is -0.637. The van der Waals surface area contributed by atoms with Crippen LogP contribution in [0.25, 0.3) is 0 Å². The highest BCUT2D eigenvalue weighted by atomic mass is 35.5. The molecule has 3 N–H and O–H groups in total. The molecule has 0 aliphatic heterocycles. The molecule has 4 nitrogen and oxygen atoms in total. The van der Waals surface area contributed by atoms with Gasteiger partial charge >= 0.3 is 5.97 Å². The van der Waals surface area contributed by atoms with E-state index in [4.69, 9.17) is 15.6 Å². The molecule has 5 heteroatoms. The van der Waals surface area contributed by atoms with Crippen LogP contribution in [0.4, 0.5) is 0 Å². The number of benzene rings is 1. The van der Waals surface area contributed by atoms with Gasteiger partial charge in [-0.05, 0) is 19.1 Å². The van der Waals surface area contributed by atoms with Crippen LogP contribution in [0.15, 0.2) is 24.3 Å². The number of nitrogens with two attached hydrogens (primary N) is 1. The summed E-state index contributed by atoms with van der Waals surface area (Å²) in [5.41, 5.74) is 5.65. The van der Waals surface area contributed by atoms with E-state index in [2.05, 4.69) is 0 Å². The second-order valence-corrected chi connectivity index (χ2v) is 3.09. The molecule has 84 valence electrons. The van der Waals surface area contributed by atoms with Crippen LogP contribution in [0.3, 0.4) is 0 Å². The summed E-state index contributed by atoms with van der Waals surface area (Å²) in [6.45, 7) is 2.10. The molecule has 15 heavy (non-hydrogen) atoms. The molecule has 1 atom stereocenters. The van der Waals surface area contributed by atoms with Gasteiger partial charge in [0.1, 0.15) is 17.9 Å². The highest BCUT2D eigenvalue weighted by molar-refractivity contribution is 5.90. The third kappa shape index (κ3) is 4.18. The zero-order chi connectivity index (χ0) is 10.6. The van der Waals surface area contributed by atoms with E-state index in [-0.39, 0.29) is 24.0 Å². The van der Waals surface area contributed by atoms with E-state index in [1.54, 1.807) is 25.1 Å². The molecule has 0 heterocycles. The first-order valence-corrected chi connectivity index (χ1v) is 4.32. The number of carboxylic acids is 1. The van der Waals surface area contributed by atoms with Crippen molar-refractivity contribution in [2.75, 3.05) is 6.61 Å². The Bertz CT molecular complexity index is 328. The smallest absolute Gasteiger partial charge is 0.339 e. The number of aromatic carboxylic acids is 1. The molecular formula is C10H14ClNO3. The number of rotatable bonds is 4. The molecular weight excluding hydrogens is 218 g/mol. The lowest BCUT2D eigenvalue weighted by Crippen LogP contribution is -2.24. The fraction of sp³-hybridized carbons (Fsp3) is 0.300. The maximum Gasteiger partial charge on any atom is 0.339 e. The van der Waals surface area contributed by atoms with Gasteiger partial charge in [0.25, 0.3) is 0 Å². The van der Waals surface area contributed by atoms with E-state index < -0.39 is 5.97 Å². The number of ether oxygens (including phenoxy) is 1. The van der Waals surface area contributed by atoms with Crippen LogP contribution in [-0.4, -0.2) is 23.7 Å². The lowest BCUT2D eigenvalue weighted by atomic mass is 10.2. The van der Waals surface area contributed by atoms with Crippen molar-refractivity contribution in [2.24, 2.45) is 5.73 Å².